The lowest BCUT2D eigenvalue weighted by Gasteiger charge is -2.43. The second-order valence-electron chi connectivity index (χ2n) is 5.68. The average molecular weight is 194 g/mol. The minimum absolute atomic E-state index is 0.835. The van der Waals surface area contributed by atoms with Crippen molar-refractivity contribution in [3.05, 3.63) is 0 Å². The molecule has 80 valence electrons. The standard InChI is InChI=1S/C12H22N2/c1-8-4-12(8)14-7-10-5-9-2-3-11(10)13-6-9/h8-14H,2-7H2,1H3. The van der Waals surface area contributed by atoms with Gasteiger partial charge < -0.3 is 10.6 Å². The average Bonchev–Trinajstić information content (AvgIpc) is 2.94. The minimum Gasteiger partial charge on any atom is -0.313 e. The van der Waals surface area contributed by atoms with Gasteiger partial charge in [0.2, 0.25) is 0 Å². The summed E-state index contributed by atoms with van der Waals surface area (Å²) in [6.45, 7) is 4.91. The highest BCUT2D eigenvalue weighted by molar-refractivity contribution is 4.95. The number of rotatable bonds is 3. The number of piperidine rings is 2. The van der Waals surface area contributed by atoms with Crippen LogP contribution < -0.4 is 10.6 Å². The van der Waals surface area contributed by atoms with E-state index in [1.54, 1.807) is 0 Å². The number of nitrogens with one attached hydrogen (secondary N) is 2. The van der Waals surface area contributed by atoms with Crippen LogP contribution in [0.5, 0.6) is 0 Å². The Hall–Kier alpha value is -0.0800. The Balaban J connectivity index is 1.48. The summed E-state index contributed by atoms with van der Waals surface area (Å²) in [4.78, 5) is 0. The molecule has 0 aromatic heterocycles. The maximum absolute atomic E-state index is 3.72. The number of hydrogen-bond acceptors (Lipinski definition) is 2. The molecular formula is C12H22N2. The van der Waals surface area contributed by atoms with Gasteiger partial charge in [-0.2, -0.15) is 0 Å². The third kappa shape index (κ3) is 1.70. The normalized spacial score (nSPS) is 50.8. The SMILES string of the molecule is CC1CC1NCC1CC2CCC1NC2. The van der Waals surface area contributed by atoms with Crippen molar-refractivity contribution < 1.29 is 0 Å². The maximum Gasteiger partial charge on any atom is 0.0108 e. The third-order valence-electron chi connectivity index (χ3n) is 4.51. The molecule has 5 unspecified atom stereocenters. The highest BCUT2D eigenvalue weighted by Crippen LogP contribution is 2.34. The molecule has 2 saturated heterocycles. The monoisotopic (exact) mass is 194 g/mol. The molecule has 2 heterocycles. The van der Waals surface area contributed by atoms with Crippen molar-refractivity contribution in [3.8, 4) is 0 Å². The Labute approximate surface area is 86.8 Å². The molecule has 4 fully saturated rings. The zero-order valence-corrected chi connectivity index (χ0v) is 9.13. The van der Waals surface area contributed by atoms with Crippen LogP contribution in [0.1, 0.15) is 32.6 Å². The molecule has 0 aromatic rings. The quantitative estimate of drug-likeness (QED) is 0.709. The van der Waals surface area contributed by atoms with E-state index in [-0.39, 0.29) is 0 Å². The van der Waals surface area contributed by atoms with Gasteiger partial charge in [0.25, 0.3) is 0 Å². The Morgan fingerprint density at radius 1 is 1.29 bits per heavy atom. The van der Waals surface area contributed by atoms with Crippen molar-refractivity contribution in [3.63, 3.8) is 0 Å². The summed E-state index contributed by atoms with van der Waals surface area (Å²) in [6, 6.07) is 1.69. The molecule has 0 aromatic carbocycles. The zero-order chi connectivity index (χ0) is 9.54. The predicted octanol–water partition coefficient (Wildman–Crippen LogP) is 1.37. The van der Waals surface area contributed by atoms with E-state index in [4.69, 9.17) is 0 Å². The molecule has 2 saturated carbocycles. The number of hydrogen-bond donors (Lipinski definition) is 2. The van der Waals surface area contributed by atoms with Crippen LogP contribution in [0.4, 0.5) is 0 Å². The summed E-state index contributed by atoms with van der Waals surface area (Å²) in [7, 11) is 0. The van der Waals surface area contributed by atoms with Crippen molar-refractivity contribution in [1.29, 1.82) is 0 Å². The summed E-state index contributed by atoms with van der Waals surface area (Å²) in [6.07, 6.45) is 5.80. The second-order valence-corrected chi connectivity index (χ2v) is 5.68. The van der Waals surface area contributed by atoms with Crippen LogP contribution in [0.25, 0.3) is 0 Å². The van der Waals surface area contributed by atoms with E-state index >= 15 is 0 Å². The molecule has 4 aliphatic rings. The molecule has 14 heavy (non-hydrogen) atoms. The van der Waals surface area contributed by atoms with E-state index in [0.29, 0.717) is 0 Å². The largest absolute Gasteiger partial charge is 0.313 e. The molecule has 2 aliphatic heterocycles. The van der Waals surface area contributed by atoms with Crippen molar-refractivity contribution in [2.45, 2.75) is 44.7 Å². The Bertz CT molecular complexity index is 208. The van der Waals surface area contributed by atoms with Gasteiger partial charge in [-0.05, 0) is 56.5 Å². The van der Waals surface area contributed by atoms with Gasteiger partial charge in [0, 0.05) is 12.1 Å². The molecule has 2 nitrogen and oxygen atoms in total. The van der Waals surface area contributed by atoms with Crippen molar-refractivity contribution in [2.24, 2.45) is 17.8 Å². The van der Waals surface area contributed by atoms with Crippen LogP contribution in [0.15, 0.2) is 0 Å². The Morgan fingerprint density at radius 3 is 2.64 bits per heavy atom. The Kier molecular flexibility index (Phi) is 2.29. The van der Waals surface area contributed by atoms with Crippen LogP contribution >= 0.6 is 0 Å². The van der Waals surface area contributed by atoms with E-state index in [2.05, 4.69) is 17.6 Å². The summed E-state index contributed by atoms with van der Waals surface area (Å²) >= 11 is 0. The lowest BCUT2D eigenvalue weighted by molar-refractivity contribution is 0.135. The fourth-order valence-electron chi connectivity index (χ4n) is 3.27. The summed E-state index contributed by atoms with van der Waals surface area (Å²) in [5.41, 5.74) is 0. The topological polar surface area (TPSA) is 24.1 Å². The van der Waals surface area contributed by atoms with Crippen LogP contribution in [0.2, 0.25) is 0 Å². The van der Waals surface area contributed by atoms with Gasteiger partial charge in [0.1, 0.15) is 0 Å². The van der Waals surface area contributed by atoms with E-state index in [9.17, 15) is 0 Å². The third-order valence-corrected chi connectivity index (χ3v) is 4.51. The van der Waals surface area contributed by atoms with E-state index in [1.807, 2.05) is 0 Å². The van der Waals surface area contributed by atoms with Crippen LogP contribution in [-0.2, 0) is 0 Å². The van der Waals surface area contributed by atoms with Gasteiger partial charge in [0.05, 0.1) is 0 Å². The van der Waals surface area contributed by atoms with Crippen molar-refractivity contribution in [1.82, 2.24) is 10.6 Å². The first-order chi connectivity index (χ1) is 6.83. The molecular weight excluding hydrogens is 172 g/mol. The lowest BCUT2D eigenvalue weighted by atomic mass is 9.74. The first-order valence-corrected chi connectivity index (χ1v) is 6.29. The molecule has 2 heteroatoms. The molecule has 2 N–H and O–H groups in total. The van der Waals surface area contributed by atoms with E-state index in [0.717, 1.165) is 29.8 Å². The van der Waals surface area contributed by atoms with Gasteiger partial charge in [0.15, 0.2) is 0 Å². The van der Waals surface area contributed by atoms with Crippen LogP contribution in [-0.4, -0.2) is 25.2 Å². The van der Waals surface area contributed by atoms with Gasteiger partial charge in [-0.1, -0.05) is 6.92 Å². The zero-order valence-electron chi connectivity index (χ0n) is 9.13. The first kappa shape index (κ1) is 9.17. The fourth-order valence-corrected chi connectivity index (χ4v) is 3.27. The lowest BCUT2D eigenvalue weighted by Crippen LogP contribution is -2.53. The highest BCUT2D eigenvalue weighted by atomic mass is 15.0. The van der Waals surface area contributed by atoms with Crippen molar-refractivity contribution >= 4 is 0 Å². The van der Waals surface area contributed by atoms with Crippen LogP contribution in [0, 0.1) is 17.8 Å². The molecule has 5 atom stereocenters. The van der Waals surface area contributed by atoms with Gasteiger partial charge in [-0.15, -0.1) is 0 Å². The van der Waals surface area contributed by atoms with Crippen LogP contribution in [0.3, 0.4) is 0 Å². The van der Waals surface area contributed by atoms with Gasteiger partial charge in [-0.25, -0.2) is 0 Å². The molecule has 2 aliphatic carbocycles. The van der Waals surface area contributed by atoms with E-state index < -0.39 is 0 Å². The molecule has 4 rings (SSSR count). The first-order valence-electron chi connectivity index (χ1n) is 6.29. The van der Waals surface area contributed by atoms with Crippen molar-refractivity contribution in [2.75, 3.05) is 13.1 Å². The second kappa shape index (κ2) is 3.49. The summed E-state index contributed by atoms with van der Waals surface area (Å²) in [5, 5.41) is 7.40. The molecule has 2 bridgehead atoms. The fraction of sp³-hybridized carbons (Fsp3) is 1.00. The molecule has 0 radical (unpaired) electrons. The summed E-state index contributed by atoms with van der Waals surface area (Å²) < 4.78 is 0. The molecule has 0 amide bonds. The summed E-state index contributed by atoms with van der Waals surface area (Å²) in [5.74, 6) is 2.86. The van der Waals surface area contributed by atoms with Gasteiger partial charge >= 0.3 is 0 Å². The minimum atomic E-state index is 0.835. The van der Waals surface area contributed by atoms with E-state index in [1.165, 1.54) is 38.8 Å². The highest BCUT2D eigenvalue weighted by Gasteiger charge is 2.37. The maximum atomic E-state index is 3.72. The smallest absolute Gasteiger partial charge is 0.0108 e. The molecule has 0 spiro atoms. The van der Waals surface area contributed by atoms with Gasteiger partial charge in [-0.3, -0.25) is 0 Å². The predicted molar refractivity (Wildman–Crippen MR) is 58.2 cm³/mol. The Morgan fingerprint density at radius 2 is 2.14 bits per heavy atom. The number of fused-ring (bicyclic) bond motifs is 3.